The molecule has 2 aromatic heterocycles. The summed E-state index contributed by atoms with van der Waals surface area (Å²) in [6.07, 6.45) is 3.95. The fraction of sp³-hybridized carbons (Fsp3) is 0.263. The van der Waals surface area contributed by atoms with Gasteiger partial charge < -0.3 is 4.98 Å². The van der Waals surface area contributed by atoms with Crippen molar-refractivity contribution >= 4 is 50.5 Å². The number of nitrogens with zero attached hydrogens (tertiary/aromatic N) is 2. The fourth-order valence-electron chi connectivity index (χ4n) is 3.42. The van der Waals surface area contributed by atoms with E-state index in [4.69, 9.17) is 23.2 Å². The molecule has 1 aliphatic rings. The van der Waals surface area contributed by atoms with Crippen molar-refractivity contribution in [3.8, 4) is 6.07 Å². The number of ketones is 1. The molecule has 1 N–H and O–H groups in total. The van der Waals surface area contributed by atoms with Gasteiger partial charge >= 0.3 is 0 Å². The lowest BCUT2D eigenvalue weighted by atomic mass is 9.96. The van der Waals surface area contributed by atoms with Gasteiger partial charge in [-0.25, -0.2) is 4.98 Å². The number of rotatable bonds is 3. The molecule has 1 aromatic carbocycles. The fourth-order valence-corrected chi connectivity index (χ4v) is 5.22. The molecule has 0 spiro atoms. The minimum absolute atomic E-state index is 0.0506. The smallest absolute Gasteiger partial charge is 0.259 e. The summed E-state index contributed by atoms with van der Waals surface area (Å²) in [6.45, 7) is 0. The molecule has 0 saturated carbocycles. The maximum Gasteiger partial charge on any atom is 0.259 e. The van der Waals surface area contributed by atoms with E-state index in [9.17, 15) is 14.9 Å². The van der Waals surface area contributed by atoms with E-state index >= 15 is 0 Å². The average molecular weight is 418 g/mol. The number of Topliss-reactive ketones (excluding diaryl/α,β-unsaturated/α-hetero) is 1. The molecule has 1 unspecified atom stereocenters. The number of thiophene rings is 1. The summed E-state index contributed by atoms with van der Waals surface area (Å²) in [7, 11) is 0. The Bertz CT molecular complexity index is 1160. The molecule has 2 heterocycles. The van der Waals surface area contributed by atoms with Crippen LogP contribution in [0.1, 0.15) is 45.4 Å². The molecule has 0 saturated heterocycles. The molecule has 136 valence electrons. The second kappa shape index (κ2) is 7.08. The molecule has 0 amide bonds. The van der Waals surface area contributed by atoms with E-state index in [2.05, 4.69) is 9.97 Å². The lowest BCUT2D eigenvalue weighted by Gasteiger charge is -2.10. The second-order valence-corrected chi connectivity index (χ2v) is 8.38. The Morgan fingerprint density at radius 2 is 1.93 bits per heavy atom. The van der Waals surface area contributed by atoms with E-state index in [0.717, 1.165) is 31.2 Å². The Morgan fingerprint density at radius 1 is 1.22 bits per heavy atom. The molecule has 4 rings (SSSR count). The van der Waals surface area contributed by atoms with Gasteiger partial charge in [-0.1, -0.05) is 23.2 Å². The van der Waals surface area contributed by atoms with Crippen LogP contribution in [-0.4, -0.2) is 15.8 Å². The molecule has 5 nitrogen and oxygen atoms in total. The van der Waals surface area contributed by atoms with Crippen LogP contribution in [-0.2, 0) is 12.8 Å². The molecule has 1 atom stereocenters. The van der Waals surface area contributed by atoms with Crippen molar-refractivity contribution in [3.63, 3.8) is 0 Å². The molecule has 0 radical (unpaired) electrons. The van der Waals surface area contributed by atoms with Crippen LogP contribution >= 0.6 is 34.5 Å². The summed E-state index contributed by atoms with van der Waals surface area (Å²) in [5.74, 6) is -1.70. The van der Waals surface area contributed by atoms with Gasteiger partial charge in [-0.3, -0.25) is 9.59 Å². The first-order valence-corrected chi connectivity index (χ1v) is 9.99. The number of carbonyl (C=O) groups is 1. The maximum absolute atomic E-state index is 12.8. The number of aromatic amines is 1. The van der Waals surface area contributed by atoms with Crippen molar-refractivity contribution < 1.29 is 4.79 Å². The number of carbonyl (C=O) groups excluding carboxylic acids is 1. The van der Waals surface area contributed by atoms with Crippen molar-refractivity contribution in [1.29, 1.82) is 5.26 Å². The van der Waals surface area contributed by atoms with Crippen molar-refractivity contribution in [3.05, 3.63) is 60.4 Å². The highest BCUT2D eigenvalue weighted by Gasteiger charge is 2.27. The predicted molar refractivity (Wildman–Crippen MR) is 106 cm³/mol. The van der Waals surface area contributed by atoms with Crippen LogP contribution in [0, 0.1) is 11.3 Å². The lowest BCUT2D eigenvalue weighted by Crippen LogP contribution is -2.20. The van der Waals surface area contributed by atoms with Crippen molar-refractivity contribution in [2.45, 2.75) is 31.6 Å². The summed E-state index contributed by atoms with van der Waals surface area (Å²) in [5, 5.41) is 10.8. The Balaban J connectivity index is 1.81. The molecular weight excluding hydrogens is 405 g/mol. The monoisotopic (exact) mass is 417 g/mol. The van der Waals surface area contributed by atoms with Crippen LogP contribution in [0.5, 0.6) is 0 Å². The highest BCUT2D eigenvalue weighted by molar-refractivity contribution is 7.18. The van der Waals surface area contributed by atoms with E-state index in [0.29, 0.717) is 20.3 Å². The number of fused-ring (bicyclic) bond motifs is 3. The minimum atomic E-state index is -1.24. The van der Waals surface area contributed by atoms with Gasteiger partial charge in [-0.15, -0.1) is 11.3 Å². The van der Waals surface area contributed by atoms with Gasteiger partial charge in [-0.05, 0) is 49.4 Å². The molecule has 8 heteroatoms. The van der Waals surface area contributed by atoms with Crippen molar-refractivity contribution in [2.75, 3.05) is 0 Å². The highest BCUT2D eigenvalue weighted by Crippen LogP contribution is 2.34. The van der Waals surface area contributed by atoms with E-state index < -0.39 is 11.7 Å². The zero-order chi connectivity index (χ0) is 19.1. The SMILES string of the molecule is N#CC(C(=O)c1cc(Cl)cc(Cl)c1)c1nc2sc3c(c2c(=O)[nH]1)CCCC3. The number of aryl methyl sites for hydroxylation is 2. The molecule has 27 heavy (non-hydrogen) atoms. The van der Waals surface area contributed by atoms with Crippen molar-refractivity contribution in [2.24, 2.45) is 0 Å². The highest BCUT2D eigenvalue weighted by atomic mass is 35.5. The predicted octanol–water partition coefficient (Wildman–Crippen LogP) is 4.66. The molecule has 0 fully saturated rings. The van der Waals surface area contributed by atoms with Gasteiger partial charge in [0.2, 0.25) is 0 Å². The number of aromatic nitrogens is 2. The molecule has 0 aliphatic heterocycles. The van der Waals surface area contributed by atoms with Crippen LogP contribution < -0.4 is 5.56 Å². The zero-order valence-corrected chi connectivity index (χ0v) is 16.3. The van der Waals surface area contributed by atoms with Gasteiger partial charge in [0, 0.05) is 20.5 Å². The van der Waals surface area contributed by atoms with E-state index in [1.165, 1.54) is 34.4 Å². The van der Waals surface area contributed by atoms with Gasteiger partial charge in [0.15, 0.2) is 11.7 Å². The number of nitrogens with one attached hydrogen (secondary N) is 1. The number of halogens is 2. The van der Waals surface area contributed by atoms with Crippen LogP contribution in [0.15, 0.2) is 23.0 Å². The molecular formula is C19H13Cl2N3O2S. The quantitative estimate of drug-likeness (QED) is 0.627. The summed E-state index contributed by atoms with van der Waals surface area (Å²) < 4.78 is 0. The largest absolute Gasteiger partial charge is 0.308 e. The lowest BCUT2D eigenvalue weighted by molar-refractivity contribution is 0.0976. The zero-order valence-electron chi connectivity index (χ0n) is 14.0. The average Bonchev–Trinajstić information content (AvgIpc) is 3.00. The Hall–Kier alpha value is -2.20. The Kier molecular flexibility index (Phi) is 4.77. The first-order valence-electron chi connectivity index (χ1n) is 8.42. The van der Waals surface area contributed by atoms with Crippen LogP contribution in [0.3, 0.4) is 0 Å². The third-order valence-corrected chi connectivity index (χ3v) is 6.28. The van der Waals surface area contributed by atoms with Gasteiger partial charge in [-0.2, -0.15) is 5.26 Å². The third kappa shape index (κ3) is 3.27. The molecule has 3 aromatic rings. The third-order valence-electron chi connectivity index (χ3n) is 4.66. The number of H-pyrrole nitrogens is 1. The molecule has 0 bridgehead atoms. The topological polar surface area (TPSA) is 86.6 Å². The first kappa shape index (κ1) is 18.2. The number of hydrogen-bond donors (Lipinski definition) is 1. The van der Waals surface area contributed by atoms with E-state index in [1.54, 1.807) is 0 Å². The second-order valence-electron chi connectivity index (χ2n) is 6.43. The standard InChI is InChI=1S/C19H13Cl2N3O2S/c20-10-5-9(6-11(21)7-10)16(25)13(8-22)17-23-18(26)15-12-3-1-2-4-14(12)27-19(15)24-17/h5-7,13H,1-4H2,(H,23,24,26). The normalized spacial score (nSPS) is 14.6. The summed E-state index contributed by atoms with van der Waals surface area (Å²) >= 11 is 13.4. The summed E-state index contributed by atoms with van der Waals surface area (Å²) in [5.41, 5.74) is 0.960. The minimum Gasteiger partial charge on any atom is -0.308 e. The Labute approximate surface area is 168 Å². The van der Waals surface area contributed by atoms with Crippen LogP contribution in [0.2, 0.25) is 10.0 Å². The van der Waals surface area contributed by atoms with Crippen molar-refractivity contribution in [1.82, 2.24) is 9.97 Å². The van der Waals surface area contributed by atoms with Gasteiger partial charge in [0.25, 0.3) is 5.56 Å². The van der Waals surface area contributed by atoms with E-state index in [1.807, 2.05) is 6.07 Å². The van der Waals surface area contributed by atoms with Crippen LogP contribution in [0.4, 0.5) is 0 Å². The maximum atomic E-state index is 12.8. The van der Waals surface area contributed by atoms with E-state index in [-0.39, 0.29) is 16.9 Å². The van der Waals surface area contributed by atoms with Gasteiger partial charge in [0.05, 0.1) is 11.5 Å². The summed E-state index contributed by atoms with van der Waals surface area (Å²) in [4.78, 5) is 34.4. The van der Waals surface area contributed by atoms with Gasteiger partial charge in [0.1, 0.15) is 10.7 Å². The number of hydrogen-bond acceptors (Lipinski definition) is 5. The Morgan fingerprint density at radius 3 is 2.63 bits per heavy atom. The molecule has 1 aliphatic carbocycles. The summed E-state index contributed by atoms with van der Waals surface area (Å²) in [6, 6.07) is 6.34. The first-order chi connectivity index (χ1) is 13.0. The number of benzene rings is 1. The van der Waals surface area contributed by atoms with Crippen LogP contribution in [0.25, 0.3) is 10.2 Å². The number of nitriles is 1.